The Labute approximate surface area is 211 Å². The van der Waals surface area contributed by atoms with E-state index in [-0.39, 0.29) is 30.8 Å². The lowest BCUT2D eigenvalue weighted by Crippen LogP contribution is -2.48. The van der Waals surface area contributed by atoms with Gasteiger partial charge >= 0.3 is 6.09 Å². The number of amides is 3. The molecule has 1 saturated heterocycles. The Hall–Kier alpha value is -4.13. The summed E-state index contributed by atoms with van der Waals surface area (Å²) in [5, 5.41) is 5.89. The van der Waals surface area contributed by atoms with Crippen molar-refractivity contribution in [3.8, 4) is 0 Å². The number of carbonyl (C=O) groups is 3. The van der Waals surface area contributed by atoms with Crippen molar-refractivity contribution in [3.05, 3.63) is 102 Å². The molecule has 2 N–H and O–H groups in total. The summed E-state index contributed by atoms with van der Waals surface area (Å²) >= 11 is 0. The number of hydrogen-bond donors (Lipinski definition) is 2. The van der Waals surface area contributed by atoms with Gasteiger partial charge in [0.15, 0.2) is 12.1 Å². The number of hydrogen-bond acceptors (Lipinski definition) is 4. The number of ether oxygens (including phenoxy) is 1. The molecule has 3 atom stereocenters. The van der Waals surface area contributed by atoms with E-state index in [1.807, 2.05) is 74.5 Å². The van der Waals surface area contributed by atoms with Crippen LogP contribution in [0.1, 0.15) is 43.1 Å². The van der Waals surface area contributed by atoms with Crippen molar-refractivity contribution in [2.24, 2.45) is 0 Å². The molecule has 186 valence electrons. The smallest absolute Gasteiger partial charge is 0.411 e. The fourth-order valence-electron chi connectivity index (χ4n) is 4.16. The van der Waals surface area contributed by atoms with Crippen LogP contribution in [0.3, 0.4) is 0 Å². The zero-order valence-corrected chi connectivity index (χ0v) is 20.5. The molecule has 0 aliphatic carbocycles. The summed E-state index contributed by atoms with van der Waals surface area (Å²) < 4.78 is 5.72. The maximum absolute atomic E-state index is 13.3. The number of rotatable bonds is 9. The molecule has 1 aliphatic heterocycles. The summed E-state index contributed by atoms with van der Waals surface area (Å²) in [6.45, 7) is 4.19. The Morgan fingerprint density at radius 2 is 1.53 bits per heavy atom. The van der Waals surface area contributed by atoms with Crippen LogP contribution in [-0.4, -0.2) is 34.9 Å². The van der Waals surface area contributed by atoms with E-state index in [1.54, 1.807) is 24.3 Å². The summed E-state index contributed by atoms with van der Waals surface area (Å²) in [5.41, 5.74) is 3.15. The van der Waals surface area contributed by atoms with Crippen LogP contribution >= 0.6 is 0 Å². The van der Waals surface area contributed by atoms with Gasteiger partial charge in [-0.05, 0) is 42.2 Å². The lowest BCUT2D eigenvalue weighted by molar-refractivity contribution is -0.127. The molecule has 0 unspecified atom stereocenters. The third kappa shape index (κ3) is 6.10. The molecule has 3 amide bonds. The van der Waals surface area contributed by atoms with Gasteiger partial charge in [-0.3, -0.25) is 14.5 Å². The highest BCUT2D eigenvalue weighted by molar-refractivity contribution is 5.92. The number of nitrogens with one attached hydrogen (secondary N) is 2. The quantitative estimate of drug-likeness (QED) is 0.454. The molecule has 36 heavy (non-hydrogen) atoms. The van der Waals surface area contributed by atoms with Gasteiger partial charge in [-0.15, -0.1) is 0 Å². The minimum Gasteiger partial charge on any atom is -0.438 e. The van der Waals surface area contributed by atoms with E-state index >= 15 is 0 Å². The van der Waals surface area contributed by atoms with Gasteiger partial charge in [0.05, 0.1) is 13.0 Å². The Balaban J connectivity index is 1.51. The molecule has 7 heteroatoms. The van der Waals surface area contributed by atoms with Crippen molar-refractivity contribution in [3.63, 3.8) is 0 Å². The van der Waals surface area contributed by atoms with E-state index < -0.39 is 18.2 Å². The molecule has 7 nitrogen and oxygen atoms in total. The molecule has 3 aromatic carbocycles. The van der Waals surface area contributed by atoms with Crippen molar-refractivity contribution in [2.45, 2.75) is 51.4 Å². The van der Waals surface area contributed by atoms with Crippen molar-refractivity contribution >= 4 is 23.6 Å². The second-order valence-corrected chi connectivity index (χ2v) is 9.01. The first-order valence-corrected chi connectivity index (χ1v) is 12.2. The average Bonchev–Trinajstić information content (AvgIpc) is 3.21. The predicted molar refractivity (Wildman–Crippen MR) is 138 cm³/mol. The van der Waals surface area contributed by atoms with Gasteiger partial charge in [0.1, 0.15) is 0 Å². The molecular weight excluding hydrogens is 454 g/mol. The number of benzene rings is 3. The Kier molecular flexibility index (Phi) is 8.00. The minimum absolute atomic E-state index is 0.0327. The molecule has 0 aromatic heterocycles. The third-order valence-electron chi connectivity index (χ3n) is 6.28. The highest BCUT2D eigenvalue weighted by Gasteiger charge is 2.47. The van der Waals surface area contributed by atoms with Crippen molar-refractivity contribution in [1.82, 2.24) is 10.2 Å². The van der Waals surface area contributed by atoms with Gasteiger partial charge in [0.25, 0.3) is 0 Å². The van der Waals surface area contributed by atoms with Crippen LogP contribution < -0.4 is 10.6 Å². The Bertz CT molecular complexity index is 1180. The highest BCUT2D eigenvalue weighted by Crippen LogP contribution is 2.34. The molecule has 0 radical (unpaired) electrons. The summed E-state index contributed by atoms with van der Waals surface area (Å²) in [7, 11) is 0. The van der Waals surface area contributed by atoms with Crippen molar-refractivity contribution in [1.29, 1.82) is 0 Å². The van der Waals surface area contributed by atoms with E-state index in [9.17, 15) is 14.4 Å². The summed E-state index contributed by atoms with van der Waals surface area (Å²) in [5.74, 6) is -0.377. The second-order valence-electron chi connectivity index (χ2n) is 9.01. The summed E-state index contributed by atoms with van der Waals surface area (Å²) in [4.78, 5) is 40.1. The van der Waals surface area contributed by atoms with E-state index in [1.165, 1.54) is 4.90 Å². The number of anilines is 1. The summed E-state index contributed by atoms with van der Waals surface area (Å²) in [6.07, 6.45) is -0.254. The molecule has 1 fully saturated rings. The topological polar surface area (TPSA) is 87.7 Å². The molecule has 3 aromatic rings. The maximum atomic E-state index is 13.3. The molecule has 4 rings (SSSR count). The monoisotopic (exact) mass is 485 g/mol. The van der Waals surface area contributed by atoms with E-state index in [0.717, 1.165) is 17.5 Å². The average molecular weight is 486 g/mol. The van der Waals surface area contributed by atoms with Crippen molar-refractivity contribution < 1.29 is 19.1 Å². The minimum atomic E-state index is -0.815. The SMILES string of the molecule is CC[C@H](C)NC(=O)[C@@H]1[C@@H](c2ccc(NC(=O)Cc3ccccc3)cc2)OC(=O)N1Cc1ccccc1. The maximum Gasteiger partial charge on any atom is 0.411 e. The van der Waals surface area contributed by atoms with Crippen LogP contribution in [0, 0.1) is 0 Å². The van der Waals surface area contributed by atoms with E-state index in [4.69, 9.17) is 4.74 Å². The van der Waals surface area contributed by atoms with Gasteiger partial charge in [-0.25, -0.2) is 4.79 Å². The predicted octanol–water partition coefficient (Wildman–Crippen LogP) is 4.84. The largest absolute Gasteiger partial charge is 0.438 e. The highest BCUT2D eigenvalue weighted by atomic mass is 16.6. The van der Waals surface area contributed by atoms with Crippen LogP contribution in [0.5, 0.6) is 0 Å². The number of cyclic esters (lactones) is 1. The van der Waals surface area contributed by atoms with Gasteiger partial charge in [0.2, 0.25) is 11.8 Å². The normalized spacial score (nSPS) is 17.8. The van der Waals surface area contributed by atoms with Gasteiger partial charge in [-0.2, -0.15) is 0 Å². The number of carbonyl (C=O) groups excluding carboxylic acids is 3. The molecule has 1 heterocycles. The standard InChI is InChI=1S/C29H31N3O4/c1-3-20(2)30-28(34)26-27(36-29(35)32(26)19-22-12-8-5-9-13-22)23-14-16-24(17-15-23)31-25(33)18-21-10-6-4-7-11-21/h4-17,20,26-27H,3,18-19H2,1-2H3,(H,30,34)(H,31,33)/t20-,26-,27+/m0/s1. The fourth-order valence-corrected chi connectivity index (χ4v) is 4.16. The van der Waals surface area contributed by atoms with Gasteiger partial charge < -0.3 is 15.4 Å². The molecular formula is C29H31N3O4. The third-order valence-corrected chi connectivity index (χ3v) is 6.28. The van der Waals surface area contributed by atoms with E-state index in [0.29, 0.717) is 11.3 Å². The van der Waals surface area contributed by atoms with Crippen LogP contribution in [0.15, 0.2) is 84.9 Å². The van der Waals surface area contributed by atoms with Gasteiger partial charge in [0, 0.05) is 11.7 Å². The Morgan fingerprint density at radius 1 is 0.917 bits per heavy atom. The fraction of sp³-hybridized carbons (Fsp3) is 0.276. The Morgan fingerprint density at radius 3 is 2.14 bits per heavy atom. The van der Waals surface area contributed by atoms with Gasteiger partial charge in [-0.1, -0.05) is 79.7 Å². The summed E-state index contributed by atoms with van der Waals surface area (Å²) in [6, 6.07) is 25.3. The van der Waals surface area contributed by atoms with E-state index in [2.05, 4.69) is 10.6 Å². The van der Waals surface area contributed by atoms with Crippen LogP contribution in [-0.2, 0) is 27.3 Å². The number of nitrogens with zero attached hydrogens (tertiary/aromatic N) is 1. The molecule has 0 spiro atoms. The first kappa shape index (κ1) is 25.0. The zero-order chi connectivity index (χ0) is 25.5. The van der Waals surface area contributed by atoms with Crippen LogP contribution in [0.4, 0.5) is 10.5 Å². The first-order valence-electron chi connectivity index (χ1n) is 12.2. The molecule has 0 bridgehead atoms. The lowest BCUT2D eigenvalue weighted by Gasteiger charge is -2.25. The molecule has 1 aliphatic rings. The second kappa shape index (κ2) is 11.5. The van der Waals surface area contributed by atoms with Crippen LogP contribution in [0.2, 0.25) is 0 Å². The van der Waals surface area contributed by atoms with Crippen molar-refractivity contribution in [2.75, 3.05) is 5.32 Å². The molecule has 0 saturated carbocycles. The first-order chi connectivity index (χ1) is 17.4. The van der Waals surface area contributed by atoms with Crippen LogP contribution in [0.25, 0.3) is 0 Å². The lowest BCUT2D eigenvalue weighted by atomic mass is 10.00. The zero-order valence-electron chi connectivity index (χ0n) is 20.5.